The lowest BCUT2D eigenvalue weighted by atomic mass is 10.0. The molecular formula is C8H15O6P. The Morgan fingerprint density at radius 3 is 1.87 bits per heavy atom. The molecule has 0 rings (SSSR count). The summed E-state index contributed by atoms with van der Waals surface area (Å²) in [6.07, 6.45) is -1.00. The van der Waals surface area contributed by atoms with Crippen molar-refractivity contribution in [3.63, 3.8) is 0 Å². The zero-order chi connectivity index (χ0) is 12.1. The normalized spacial score (nSPS) is 14.9. The van der Waals surface area contributed by atoms with Crippen LogP contribution in [0.5, 0.6) is 0 Å². The topological polar surface area (TPSA) is 112 Å². The second-order valence-corrected chi connectivity index (χ2v) is 6.10. The number of hydrogen-bond donors (Lipinski definition) is 3. The van der Waals surface area contributed by atoms with E-state index in [4.69, 9.17) is 10.2 Å². The number of carboxylic acids is 2. The molecule has 0 heterocycles. The number of hydrogen-bond acceptors (Lipinski definition) is 3. The van der Waals surface area contributed by atoms with E-state index in [0.29, 0.717) is 0 Å². The number of rotatable bonds is 7. The molecule has 0 radical (unpaired) electrons. The van der Waals surface area contributed by atoms with E-state index < -0.39 is 38.1 Å². The van der Waals surface area contributed by atoms with E-state index in [1.54, 1.807) is 0 Å². The minimum Gasteiger partial charge on any atom is -0.481 e. The zero-order valence-electron chi connectivity index (χ0n) is 8.42. The zero-order valence-corrected chi connectivity index (χ0v) is 9.31. The van der Waals surface area contributed by atoms with Gasteiger partial charge >= 0.3 is 11.9 Å². The second-order valence-electron chi connectivity index (χ2n) is 3.41. The Morgan fingerprint density at radius 2 is 1.60 bits per heavy atom. The Labute approximate surface area is 87.4 Å². The average molecular weight is 238 g/mol. The van der Waals surface area contributed by atoms with Crippen LogP contribution in [0.4, 0.5) is 0 Å². The van der Waals surface area contributed by atoms with Crippen LogP contribution in [0.2, 0.25) is 0 Å². The molecule has 88 valence electrons. The van der Waals surface area contributed by atoms with Gasteiger partial charge in [-0.1, -0.05) is 6.92 Å². The highest BCUT2D eigenvalue weighted by Crippen LogP contribution is 2.43. The van der Waals surface area contributed by atoms with Crippen molar-refractivity contribution in [3.8, 4) is 0 Å². The highest BCUT2D eigenvalue weighted by atomic mass is 31.2. The summed E-state index contributed by atoms with van der Waals surface area (Å²) in [5, 5.41) is 17.0. The van der Waals surface area contributed by atoms with Crippen LogP contribution >= 0.6 is 7.37 Å². The molecule has 0 aliphatic carbocycles. The van der Waals surface area contributed by atoms with Crippen molar-refractivity contribution in [2.24, 2.45) is 5.92 Å². The number of carboxylic acid groups (broad SMARTS) is 2. The molecule has 0 aliphatic heterocycles. The van der Waals surface area contributed by atoms with Crippen molar-refractivity contribution in [1.82, 2.24) is 0 Å². The summed E-state index contributed by atoms with van der Waals surface area (Å²) in [5.74, 6) is -3.09. The molecule has 0 aliphatic rings. The first kappa shape index (κ1) is 14.1. The van der Waals surface area contributed by atoms with Crippen LogP contribution in [0.3, 0.4) is 0 Å². The summed E-state index contributed by atoms with van der Waals surface area (Å²) in [7, 11) is -3.37. The third kappa shape index (κ3) is 7.11. The van der Waals surface area contributed by atoms with Gasteiger partial charge in [-0.25, -0.2) is 0 Å². The van der Waals surface area contributed by atoms with Crippen LogP contribution in [-0.2, 0) is 14.2 Å². The van der Waals surface area contributed by atoms with Gasteiger partial charge in [0, 0.05) is 25.2 Å². The van der Waals surface area contributed by atoms with Crippen molar-refractivity contribution in [3.05, 3.63) is 0 Å². The van der Waals surface area contributed by atoms with Crippen LogP contribution in [0.1, 0.15) is 19.8 Å². The van der Waals surface area contributed by atoms with Gasteiger partial charge in [-0.05, 0) is 5.92 Å². The van der Waals surface area contributed by atoms with E-state index >= 15 is 0 Å². The van der Waals surface area contributed by atoms with Gasteiger partial charge in [0.1, 0.15) is 0 Å². The third-order valence-electron chi connectivity index (χ3n) is 1.96. The molecule has 3 N–H and O–H groups in total. The van der Waals surface area contributed by atoms with Gasteiger partial charge in [0.15, 0.2) is 0 Å². The summed E-state index contributed by atoms with van der Waals surface area (Å²) in [4.78, 5) is 30.1. The lowest BCUT2D eigenvalue weighted by Crippen LogP contribution is -2.17. The molecule has 0 aromatic heterocycles. The van der Waals surface area contributed by atoms with Gasteiger partial charge in [-0.15, -0.1) is 0 Å². The molecular weight excluding hydrogens is 223 g/mol. The smallest absolute Gasteiger partial charge is 0.303 e. The van der Waals surface area contributed by atoms with E-state index in [0.717, 1.165) is 0 Å². The highest BCUT2D eigenvalue weighted by Gasteiger charge is 2.25. The molecule has 1 unspecified atom stereocenters. The summed E-state index contributed by atoms with van der Waals surface area (Å²) < 4.78 is 11.3. The standard InChI is InChI=1S/C8H15O6P/c1-2-15(13,14)5-6(3-7(9)10)4-8(11)12/h6H,2-5H2,1H3,(H,9,10)(H,11,12)(H,13,14). The predicted octanol–water partition coefficient (Wildman–Crippen LogP) is 0.842. The quantitative estimate of drug-likeness (QED) is 0.566. The van der Waals surface area contributed by atoms with Crippen molar-refractivity contribution in [1.29, 1.82) is 0 Å². The minimum absolute atomic E-state index is 0.0305. The minimum atomic E-state index is -3.37. The molecule has 0 bridgehead atoms. The number of aliphatic carboxylic acids is 2. The maximum Gasteiger partial charge on any atom is 0.303 e. The summed E-state index contributed by atoms with van der Waals surface area (Å²) >= 11 is 0. The third-order valence-corrected chi connectivity index (χ3v) is 4.04. The molecule has 1 atom stereocenters. The Bertz CT molecular complexity index is 271. The van der Waals surface area contributed by atoms with Crippen molar-refractivity contribution in [2.75, 3.05) is 12.3 Å². The largest absolute Gasteiger partial charge is 0.481 e. The fraction of sp³-hybridized carbons (Fsp3) is 0.750. The Morgan fingerprint density at radius 1 is 1.20 bits per heavy atom. The van der Waals surface area contributed by atoms with Crippen molar-refractivity contribution in [2.45, 2.75) is 19.8 Å². The molecule has 0 aromatic rings. The molecule has 6 nitrogen and oxygen atoms in total. The van der Waals surface area contributed by atoms with Crippen LogP contribution in [0.25, 0.3) is 0 Å². The highest BCUT2D eigenvalue weighted by molar-refractivity contribution is 7.57. The van der Waals surface area contributed by atoms with Gasteiger partial charge in [-0.3, -0.25) is 14.2 Å². The van der Waals surface area contributed by atoms with E-state index in [2.05, 4.69) is 0 Å². The van der Waals surface area contributed by atoms with Crippen molar-refractivity contribution >= 4 is 19.3 Å². The Balaban J connectivity index is 4.43. The van der Waals surface area contributed by atoms with E-state index in [1.807, 2.05) is 0 Å². The van der Waals surface area contributed by atoms with E-state index in [1.165, 1.54) is 6.92 Å². The molecule has 7 heteroatoms. The van der Waals surface area contributed by atoms with Crippen LogP contribution < -0.4 is 0 Å². The number of carbonyl (C=O) groups is 2. The van der Waals surface area contributed by atoms with Gasteiger partial charge in [-0.2, -0.15) is 0 Å². The van der Waals surface area contributed by atoms with Crippen LogP contribution in [-0.4, -0.2) is 39.4 Å². The van der Waals surface area contributed by atoms with E-state index in [-0.39, 0.29) is 12.3 Å². The van der Waals surface area contributed by atoms with Crippen LogP contribution in [0, 0.1) is 5.92 Å². The fourth-order valence-corrected chi connectivity index (χ4v) is 2.55. The predicted molar refractivity (Wildman–Crippen MR) is 53.2 cm³/mol. The molecule has 15 heavy (non-hydrogen) atoms. The first-order chi connectivity index (χ1) is 6.76. The summed E-state index contributed by atoms with van der Waals surface area (Å²) in [6, 6.07) is 0. The van der Waals surface area contributed by atoms with Crippen molar-refractivity contribution < 1.29 is 29.3 Å². The second kappa shape index (κ2) is 5.88. The van der Waals surface area contributed by atoms with Gasteiger partial charge in [0.05, 0.1) is 0 Å². The molecule has 0 saturated heterocycles. The Hall–Kier alpha value is -0.870. The summed E-state index contributed by atoms with van der Waals surface area (Å²) in [5.41, 5.74) is 0. The lowest BCUT2D eigenvalue weighted by molar-refractivity contribution is -0.140. The molecule has 0 aromatic carbocycles. The lowest BCUT2D eigenvalue weighted by Gasteiger charge is -2.16. The van der Waals surface area contributed by atoms with Gasteiger partial charge in [0.2, 0.25) is 7.37 Å². The van der Waals surface area contributed by atoms with Crippen LogP contribution in [0.15, 0.2) is 0 Å². The van der Waals surface area contributed by atoms with Gasteiger partial charge < -0.3 is 15.1 Å². The maximum absolute atomic E-state index is 11.3. The fourth-order valence-electron chi connectivity index (χ4n) is 1.23. The maximum atomic E-state index is 11.3. The first-order valence-corrected chi connectivity index (χ1v) is 6.54. The first-order valence-electron chi connectivity index (χ1n) is 4.51. The van der Waals surface area contributed by atoms with Gasteiger partial charge in [0.25, 0.3) is 0 Å². The molecule has 0 saturated carbocycles. The van der Waals surface area contributed by atoms with E-state index in [9.17, 15) is 19.0 Å². The average Bonchev–Trinajstić information content (AvgIpc) is 2.00. The summed E-state index contributed by atoms with van der Waals surface area (Å²) in [6.45, 7) is 1.51. The molecule has 0 amide bonds. The Kier molecular flexibility index (Phi) is 5.54. The monoisotopic (exact) mass is 238 g/mol. The SMILES string of the molecule is CCP(=O)(O)CC(CC(=O)O)CC(=O)O. The molecule has 0 spiro atoms. The molecule has 0 fully saturated rings.